The Bertz CT molecular complexity index is 988. The van der Waals surface area contributed by atoms with Gasteiger partial charge in [-0.1, -0.05) is 53.2 Å². The molecule has 0 saturated carbocycles. The number of halogens is 2. The second kappa shape index (κ2) is 9.73. The average Bonchev–Trinajstić information content (AvgIpc) is 3.11. The van der Waals surface area contributed by atoms with Gasteiger partial charge in [-0.05, 0) is 37.3 Å². The zero-order chi connectivity index (χ0) is 19.9. The molecule has 0 bridgehead atoms. The number of carbonyl (C=O) groups excluding carboxylic acids is 1. The fraction of sp³-hybridized carbons (Fsp3) is 0.158. The monoisotopic (exact) mass is 433 g/mol. The van der Waals surface area contributed by atoms with Crippen LogP contribution in [-0.2, 0) is 11.3 Å². The molecule has 0 saturated heterocycles. The van der Waals surface area contributed by atoms with Gasteiger partial charge in [0.25, 0.3) is 5.91 Å². The molecule has 2 aromatic carbocycles. The topological polar surface area (TPSA) is 72.2 Å². The number of aromatic nitrogens is 3. The number of hydrazone groups is 1. The molecule has 1 heterocycles. The summed E-state index contributed by atoms with van der Waals surface area (Å²) in [6, 6.07) is 14.7. The zero-order valence-electron chi connectivity index (χ0n) is 15.0. The van der Waals surface area contributed by atoms with Crippen LogP contribution in [-0.4, -0.2) is 32.6 Å². The lowest BCUT2D eigenvalue weighted by molar-refractivity contribution is -0.118. The van der Waals surface area contributed by atoms with Crippen LogP contribution in [0.2, 0.25) is 10.0 Å². The van der Waals surface area contributed by atoms with E-state index in [0.29, 0.717) is 21.7 Å². The maximum Gasteiger partial charge on any atom is 0.250 e. The summed E-state index contributed by atoms with van der Waals surface area (Å²) in [7, 11) is 0. The minimum Gasteiger partial charge on any atom is -0.302 e. The van der Waals surface area contributed by atoms with Crippen molar-refractivity contribution < 1.29 is 4.79 Å². The molecule has 0 atom stereocenters. The van der Waals surface area contributed by atoms with Gasteiger partial charge in [-0.15, -0.1) is 10.2 Å². The molecule has 0 aliphatic carbocycles. The summed E-state index contributed by atoms with van der Waals surface area (Å²) in [5, 5.41) is 14.3. The van der Waals surface area contributed by atoms with Gasteiger partial charge in [0.1, 0.15) is 0 Å². The van der Waals surface area contributed by atoms with Crippen LogP contribution in [0.25, 0.3) is 11.4 Å². The molecule has 1 aromatic heterocycles. The Morgan fingerprint density at radius 3 is 2.64 bits per heavy atom. The van der Waals surface area contributed by atoms with Gasteiger partial charge in [-0.3, -0.25) is 4.79 Å². The Hall–Kier alpha value is -2.35. The number of carbonyl (C=O) groups is 1. The van der Waals surface area contributed by atoms with E-state index in [4.69, 9.17) is 23.2 Å². The summed E-state index contributed by atoms with van der Waals surface area (Å²) in [6.45, 7) is 2.68. The van der Waals surface area contributed by atoms with Crippen LogP contribution in [0.1, 0.15) is 12.5 Å². The molecular weight excluding hydrogens is 417 g/mol. The largest absolute Gasteiger partial charge is 0.302 e. The van der Waals surface area contributed by atoms with Crippen LogP contribution in [0.15, 0.2) is 58.8 Å². The summed E-state index contributed by atoms with van der Waals surface area (Å²) in [5.41, 5.74) is 4.14. The molecule has 0 aliphatic rings. The van der Waals surface area contributed by atoms with E-state index in [9.17, 15) is 4.79 Å². The third-order valence-electron chi connectivity index (χ3n) is 3.77. The summed E-state index contributed by atoms with van der Waals surface area (Å²) >= 11 is 13.3. The van der Waals surface area contributed by atoms with Crippen LogP contribution in [0, 0.1) is 0 Å². The molecule has 6 nitrogen and oxygen atoms in total. The molecule has 0 radical (unpaired) electrons. The Morgan fingerprint density at radius 2 is 1.93 bits per heavy atom. The predicted octanol–water partition coefficient (Wildman–Crippen LogP) is 4.51. The number of hydrogen-bond donors (Lipinski definition) is 1. The van der Waals surface area contributed by atoms with Gasteiger partial charge in [0.15, 0.2) is 11.0 Å². The van der Waals surface area contributed by atoms with Gasteiger partial charge in [-0.25, -0.2) is 5.43 Å². The lowest BCUT2D eigenvalue weighted by Crippen LogP contribution is -2.20. The summed E-state index contributed by atoms with van der Waals surface area (Å²) in [6.07, 6.45) is 1.51. The van der Waals surface area contributed by atoms with Crippen molar-refractivity contribution in [3.05, 3.63) is 64.1 Å². The van der Waals surface area contributed by atoms with Crippen molar-refractivity contribution in [2.75, 3.05) is 5.75 Å². The third kappa shape index (κ3) is 5.13. The van der Waals surface area contributed by atoms with E-state index >= 15 is 0 Å². The average molecular weight is 434 g/mol. The van der Waals surface area contributed by atoms with Crippen molar-refractivity contribution in [3.63, 3.8) is 0 Å². The lowest BCUT2D eigenvalue weighted by Gasteiger charge is -2.07. The van der Waals surface area contributed by atoms with E-state index in [1.807, 2.05) is 54.0 Å². The SMILES string of the molecule is CCn1c(SCC(=O)N/N=C/c2ccccc2Cl)nnc1-c1ccc(Cl)cc1. The first-order valence-electron chi connectivity index (χ1n) is 8.47. The molecule has 9 heteroatoms. The van der Waals surface area contributed by atoms with Crippen molar-refractivity contribution in [2.24, 2.45) is 5.10 Å². The first-order valence-corrected chi connectivity index (χ1v) is 10.2. The maximum absolute atomic E-state index is 12.1. The van der Waals surface area contributed by atoms with Crippen LogP contribution in [0.4, 0.5) is 0 Å². The van der Waals surface area contributed by atoms with E-state index in [1.165, 1.54) is 18.0 Å². The fourth-order valence-corrected chi connectivity index (χ4v) is 3.51. The van der Waals surface area contributed by atoms with Gasteiger partial charge in [0.2, 0.25) is 0 Å². The highest BCUT2D eigenvalue weighted by Crippen LogP contribution is 2.25. The number of thioether (sulfide) groups is 1. The quantitative estimate of drug-likeness (QED) is 0.337. The smallest absolute Gasteiger partial charge is 0.250 e. The normalized spacial score (nSPS) is 11.1. The number of hydrogen-bond acceptors (Lipinski definition) is 5. The Balaban J connectivity index is 1.60. The van der Waals surface area contributed by atoms with Crippen LogP contribution < -0.4 is 5.43 Å². The van der Waals surface area contributed by atoms with Gasteiger partial charge < -0.3 is 4.57 Å². The lowest BCUT2D eigenvalue weighted by atomic mass is 10.2. The van der Waals surface area contributed by atoms with Crippen LogP contribution >= 0.6 is 35.0 Å². The molecule has 0 unspecified atom stereocenters. The van der Waals surface area contributed by atoms with E-state index in [-0.39, 0.29) is 11.7 Å². The fourth-order valence-electron chi connectivity index (χ4n) is 2.41. The summed E-state index contributed by atoms with van der Waals surface area (Å²) in [4.78, 5) is 12.1. The number of rotatable bonds is 7. The molecule has 1 N–H and O–H groups in total. The molecule has 0 spiro atoms. The standard InChI is InChI=1S/C19H17Cl2N5OS/c1-2-26-18(13-7-9-15(20)10-8-13)24-25-19(26)28-12-17(27)23-22-11-14-5-3-4-6-16(14)21/h3-11H,2,12H2,1H3,(H,23,27)/b22-11+. The van der Waals surface area contributed by atoms with E-state index in [0.717, 1.165) is 17.0 Å². The minimum atomic E-state index is -0.244. The molecule has 3 aromatic rings. The van der Waals surface area contributed by atoms with Crippen molar-refractivity contribution in [1.29, 1.82) is 0 Å². The maximum atomic E-state index is 12.1. The highest BCUT2D eigenvalue weighted by atomic mass is 35.5. The highest BCUT2D eigenvalue weighted by molar-refractivity contribution is 7.99. The van der Waals surface area contributed by atoms with Gasteiger partial charge in [0, 0.05) is 27.7 Å². The summed E-state index contributed by atoms with van der Waals surface area (Å²) in [5.74, 6) is 0.657. The Labute approximate surface area is 177 Å². The number of nitrogens with zero attached hydrogens (tertiary/aromatic N) is 4. The molecule has 1 amide bonds. The predicted molar refractivity (Wildman–Crippen MR) is 114 cm³/mol. The van der Waals surface area contributed by atoms with E-state index < -0.39 is 0 Å². The number of amides is 1. The number of benzene rings is 2. The molecule has 144 valence electrons. The summed E-state index contributed by atoms with van der Waals surface area (Å²) < 4.78 is 1.95. The minimum absolute atomic E-state index is 0.165. The first-order chi connectivity index (χ1) is 13.6. The molecule has 3 rings (SSSR count). The van der Waals surface area contributed by atoms with Gasteiger partial charge in [0.05, 0.1) is 12.0 Å². The van der Waals surface area contributed by atoms with Crippen molar-refractivity contribution in [1.82, 2.24) is 20.2 Å². The Kier molecular flexibility index (Phi) is 7.08. The first kappa shape index (κ1) is 20.4. The van der Waals surface area contributed by atoms with Crippen LogP contribution in [0.3, 0.4) is 0 Å². The molecule has 0 aliphatic heterocycles. The van der Waals surface area contributed by atoms with E-state index in [2.05, 4.69) is 20.7 Å². The second-order valence-electron chi connectivity index (χ2n) is 5.66. The molecule has 0 fully saturated rings. The highest BCUT2D eigenvalue weighted by Gasteiger charge is 2.14. The van der Waals surface area contributed by atoms with Crippen molar-refractivity contribution in [3.8, 4) is 11.4 Å². The zero-order valence-corrected chi connectivity index (χ0v) is 17.3. The van der Waals surface area contributed by atoms with Crippen molar-refractivity contribution in [2.45, 2.75) is 18.6 Å². The van der Waals surface area contributed by atoms with Gasteiger partial charge in [-0.2, -0.15) is 5.10 Å². The third-order valence-corrected chi connectivity index (χ3v) is 5.33. The van der Waals surface area contributed by atoms with Crippen LogP contribution in [0.5, 0.6) is 0 Å². The Morgan fingerprint density at radius 1 is 1.18 bits per heavy atom. The second-order valence-corrected chi connectivity index (χ2v) is 7.45. The van der Waals surface area contributed by atoms with Crippen molar-refractivity contribution >= 4 is 47.1 Å². The van der Waals surface area contributed by atoms with E-state index in [1.54, 1.807) is 6.07 Å². The number of nitrogens with one attached hydrogen (secondary N) is 1. The van der Waals surface area contributed by atoms with Gasteiger partial charge >= 0.3 is 0 Å². The molecule has 28 heavy (non-hydrogen) atoms. The molecular formula is C19H17Cl2N5OS.